The van der Waals surface area contributed by atoms with Crippen molar-refractivity contribution < 1.29 is 13.2 Å². The van der Waals surface area contributed by atoms with Crippen molar-refractivity contribution in [2.45, 2.75) is 6.18 Å². The zero-order valence-electron chi connectivity index (χ0n) is 11.5. The van der Waals surface area contributed by atoms with E-state index in [0.717, 1.165) is 5.69 Å². The van der Waals surface area contributed by atoms with Crippen molar-refractivity contribution in [1.29, 1.82) is 0 Å². The van der Waals surface area contributed by atoms with Crippen LogP contribution in [0.2, 0.25) is 0 Å². The predicted molar refractivity (Wildman–Crippen MR) is 80.2 cm³/mol. The summed E-state index contributed by atoms with van der Waals surface area (Å²) in [5.41, 5.74) is 7.60. The van der Waals surface area contributed by atoms with Gasteiger partial charge in [0, 0.05) is 26.2 Å². The van der Waals surface area contributed by atoms with Gasteiger partial charge in [0.2, 0.25) is 10.1 Å². The van der Waals surface area contributed by atoms with E-state index >= 15 is 0 Å². The molecule has 0 bridgehead atoms. The van der Waals surface area contributed by atoms with E-state index in [2.05, 4.69) is 15.1 Å². The van der Waals surface area contributed by atoms with Crippen LogP contribution in [0.25, 0.3) is 0 Å². The number of halogens is 3. The maximum Gasteiger partial charge on any atom is 0.445 e. The van der Waals surface area contributed by atoms with Gasteiger partial charge in [-0.05, 0) is 12.1 Å². The van der Waals surface area contributed by atoms with Gasteiger partial charge in [-0.3, -0.25) is 0 Å². The third-order valence-electron chi connectivity index (χ3n) is 3.48. The molecule has 1 aromatic heterocycles. The van der Waals surface area contributed by atoms with E-state index in [9.17, 15) is 13.2 Å². The number of anilines is 3. The zero-order valence-corrected chi connectivity index (χ0v) is 12.4. The van der Waals surface area contributed by atoms with Crippen LogP contribution in [0, 0.1) is 0 Å². The number of hydrogen-bond acceptors (Lipinski definition) is 6. The van der Waals surface area contributed by atoms with Gasteiger partial charge in [0.05, 0.1) is 11.4 Å². The van der Waals surface area contributed by atoms with Crippen molar-refractivity contribution in [2.75, 3.05) is 41.7 Å². The second-order valence-corrected chi connectivity index (χ2v) is 5.88. The molecule has 1 aromatic carbocycles. The molecule has 22 heavy (non-hydrogen) atoms. The molecule has 0 aliphatic carbocycles. The fraction of sp³-hybridized carbons (Fsp3) is 0.385. The molecule has 2 heterocycles. The Morgan fingerprint density at radius 3 is 2.23 bits per heavy atom. The van der Waals surface area contributed by atoms with E-state index in [-0.39, 0.29) is 0 Å². The Morgan fingerprint density at radius 1 is 1.00 bits per heavy atom. The first-order valence-electron chi connectivity index (χ1n) is 6.70. The number of benzene rings is 1. The molecular formula is C13H14F3N5S. The van der Waals surface area contributed by atoms with Crippen molar-refractivity contribution in [3.63, 3.8) is 0 Å². The van der Waals surface area contributed by atoms with Crippen LogP contribution in [0.15, 0.2) is 24.3 Å². The fourth-order valence-electron chi connectivity index (χ4n) is 2.37. The van der Waals surface area contributed by atoms with E-state index in [0.29, 0.717) is 48.3 Å². The van der Waals surface area contributed by atoms with Crippen molar-refractivity contribution in [3.8, 4) is 0 Å². The van der Waals surface area contributed by atoms with E-state index < -0.39 is 11.2 Å². The van der Waals surface area contributed by atoms with Gasteiger partial charge < -0.3 is 15.5 Å². The van der Waals surface area contributed by atoms with Gasteiger partial charge in [-0.15, -0.1) is 10.2 Å². The largest absolute Gasteiger partial charge is 0.445 e. The SMILES string of the molecule is Nc1ccccc1N1CCN(c2nnc(C(F)(F)F)s2)CC1. The molecule has 0 spiro atoms. The summed E-state index contributed by atoms with van der Waals surface area (Å²) in [4.78, 5) is 3.94. The van der Waals surface area contributed by atoms with Gasteiger partial charge in [-0.2, -0.15) is 13.2 Å². The first-order valence-corrected chi connectivity index (χ1v) is 7.52. The van der Waals surface area contributed by atoms with Gasteiger partial charge in [0.1, 0.15) is 0 Å². The Labute approximate surface area is 129 Å². The second kappa shape index (κ2) is 5.64. The van der Waals surface area contributed by atoms with Crippen LogP contribution in [-0.4, -0.2) is 36.4 Å². The lowest BCUT2D eigenvalue weighted by Gasteiger charge is -2.36. The van der Waals surface area contributed by atoms with E-state index in [1.165, 1.54) is 0 Å². The molecule has 118 valence electrons. The first kappa shape index (κ1) is 14.9. The lowest BCUT2D eigenvalue weighted by molar-refractivity contribution is -0.138. The monoisotopic (exact) mass is 329 g/mol. The molecule has 2 aromatic rings. The maximum atomic E-state index is 12.6. The number of alkyl halides is 3. The summed E-state index contributed by atoms with van der Waals surface area (Å²) in [6.45, 7) is 2.52. The molecule has 1 saturated heterocycles. The van der Waals surface area contributed by atoms with Gasteiger partial charge in [-0.1, -0.05) is 23.5 Å². The van der Waals surface area contributed by atoms with E-state index in [1.807, 2.05) is 29.2 Å². The molecule has 9 heteroatoms. The molecule has 1 aliphatic heterocycles. The molecule has 0 radical (unpaired) electrons. The van der Waals surface area contributed by atoms with Gasteiger partial charge >= 0.3 is 6.18 Å². The van der Waals surface area contributed by atoms with Crippen molar-refractivity contribution in [1.82, 2.24) is 10.2 Å². The number of nitrogens with two attached hydrogens (primary N) is 1. The minimum absolute atomic E-state index is 0.313. The molecule has 2 N–H and O–H groups in total. The Hall–Kier alpha value is -2.03. The summed E-state index contributed by atoms with van der Waals surface area (Å²) in [7, 11) is 0. The number of piperazine rings is 1. The fourth-order valence-corrected chi connectivity index (χ4v) is 3.14. The van der Waals surface area contributed by atoms with Crippen LogP contribution >= 0.6 is 11.3 Å². The Morgan fingerprint density at radius 2 is 1.64 bits per heavy atom. The molecule has 3 rings (SSSR count). The summed E-state index contributed by atoms with van der Waals surface area (Å²) in [5, 5.41) is 6.28. The lowest BCUT2D eigenvalue weighted by Crippen LogP contribution is -2.46. The summed E-state index contributed by atoms with van der Waals surface area (Å²) in [6, 6.07) is 7.56. The summed E-state index contributed by atoms with van der Waals surface area (Å²) >= 11 is 0.582. The second-order valence-electron chi connectivity index (χ2n) is 4.92. The van der Waals surface area contributed by atoms with Crippen LogP contribution in [0.4, 0.5) is 29.7 Å². The number of hydrogen-bond donors (Lipinski definition) is 1. The highest BCUT2D eigenvalue weighted by Crippen LogP contribution is 2.34. The minimum Gasteiger partial charge on any atom is -0.397 e. The molecular weight excluding hydrogens is 315 g/mol. The van der Waals surface area contributed by atoms with E-state index in [4.69, 9.17) is 5.73 Å². The minimum atomic E-state index is -4.43. The van der Waals surface area contributed by atoms with Crippen LogP contribution in [0.5, 0.6) is 0 Å². The number of aromatic nitrogens is 2. The zero-order chi connectivity index (χ0) is 15.7. The molecule has 0 saturated carbocycles. The van der Waals surface area contributed by atoms with Crippen molar-refractivity contribution >= 4 is 27.8 Å². The summed E-state index contributed by atoms with van der Waals surface area (Å²) in [6.07, 6.45) is -4.43. The molecule has 5 nitrogen and oxygen atoms in total. The van der Waals surface area contributed by atoms with Crippen molar-refractivity contribution in [3.05, 3.63) is 29.3 Å². The molecule has 1 aliphatic rings. The highest BCUT2D eigenvalue weighted by atomic mass is 32.1. The average molecular weight is 329 g/mol. The van der Waals surface area contributed by atoms with Crippen LogP contribution in [-0.2, 0) is 6.18 Å². The van der Waals surface area contributed by atoms with Crippen LogP contribution < -0.4 is 15.5 Å². The topological polar surface area (TPSA) is 58.3 Å². The average Bonchev–Trinajstić information content (AvgIpc) is 2.98. The highest BCUT2D eigenvalue weighted by Gasteiger charge is 2.36. The Bertz CT molecular complexity index is 649. The number of nitrogens with zero attached hydrogens (tertiary/aromatic N) is 4. The maximum absolute atomic E-state index is 12.6. The third kappa shape index (κ3) is 2.94. The number of nitrogen functional groups attached to an aromatic ring is 1. The lowest BCUT2D eigenvalue weighted by atomic mass is 10.2. The Balaban J connectivity index is 1.67. The molecule has 0 unspecified atom stereocenters. The van der Waals surface area contributed by atoms with Crippen molar-refractivity contribution in [2.24, 2.45) is 0 Å². The quantitative estimate of drug-likeness (QED) is 0.858. The molecule has 0 atom stereocenters. The standard InChI is InChI=1S/C13H14F3N5S/c14-13(15,16)11-18-19-12(22-11)21-7-5-20(6-8-21)10-4-2-1-3-9(10)17/h1-4H,5-8,17H2. The molecule has 1 fully saturated rings. The normalized spacial score (nSPS) is 16.1. The van der Waals surface area contributed by atoms with Crippen LogP contribution in [0.3, 0.4) is 0 Å². The smallest absolute Gasteiger partial charge is 0.397 e. The van der Waals surface area contributed by atoms with Gasteiger partial charge in [-0.25, -0.2) is 0 Å². The Kier molecular flexibility index (Phi) is 3.81. The number of para-hydroxylation sites is 2. The van der Waals surface area contributed by atoms with E-state index in [1.54, 1.807) is 0 Å². The highest BCUT2D eigenvalue weighted by molar-refractivity contribution is 7.15. The van der Waals surface area contributed by atoms with Gasteiger partial charge in [0.15, 0.2) is 0 Å². The first-order chi connectivity index (χ1) is 10.4. The summed E-state index contributed by atoms with van der Waals surface area (Å²) in [5.74, 6) is 0. The third-order valence-corrected chi connectivity index (χ3v) is 4.51. The number of rotatable bonds is 2. The summed E-state index contributed by atoms with van der Waals surface area (Å²) < 4.78 is 37.7. The predicted octanol–water partition coefficient (Wildman–Crippen LogP) is 2.47. The van der Waals surface area contributed by atoms with Crippen LogP contribution in [0.1, 0.15) is 5.01 Å². The molecule has 0 amide bonds. The van der Waals surface area contributed by atoms with Gasteiger partial charge in [0.25, 0.3) is 0 Å².